The second-order valence-corrected chi connectivity index (χ2v) is 5.30. The molecule has 0 radical (unpaired) electrons. The molecule has 21 heavy (non-hydrogen) atoms. The van der Waals surface area contributed by atoms with Gasteiger partial charge in [0.25, 0.3) is 5.91 Å². The van der Waals surface area contributed by atoms with Crippen molar-refractivity contribution in [2.24, 2.45) is 0 Å². The summed E-state index contributed by atoms with van der Waals surface area (Å²) in [5, 5.41) is 10.1. The van der Waals surface area contributed by atoms with Gasteiger partial charge in [0.15, 0.2) is 6.10 Å². The molecule has 1 aliphatic heterocycles. The van der Waals surface area contributed by atoms with Gasteiger partial charge in [-0.1, -0.05) is 6.07 Å². The number of aromatic amines is 1. The summed E-state index contributed by atoms with van der Waals surface area (Å²) in [6.45, 7) is 1.31. The number of hydrogen-bond acceptors (Lipinski definition) is 4. The fraction of sp³-hybridized carbons (Fsp3) is 0.400. The first-order valence-corrected chi connectivity index (χ1v) is 7.11. The van der Waals surface area contributed by atoms with Crippen molar-refractivity contribution in [2.45, 2.75) is 24.9 Å². The summed E-state index contributed by atoms with van der Waals surface area (Å²) < 4.78 is 0. The molecule has 1 amide bonds. The highest BCUT2D eigenvalue weighted by molar-refractivity contribution is 5.82. The minimum absolute atomic E-state index is 0.244. The fourth-order valence-electron chi connectivity index (χ4n) is 2.75. The van der Waals surface area contributed by atoms with Crippen molar-refractivity contribution in [3.05, 3.63) is 48.3 Å². The molecule has 1 aliphatic rings. The van der Waals surface area contributed by atoms with Crippen LogP contribution < -0.4 is 0 Å². The lowest BCUT2D eigenvalue weighted by atomic mass is 9.93. The van der Waals surface area contributed by atoms with Crippen molar-refractivity contribution in [1.82, 2.24) is 19.9 Å². The van der Waals surface area contributed by atoms with Gasteiger partial charge in [-0.3, -0.25) is 9.78 Å². The second-order valence-electron chi connectivity index (χ2n) is 5.30. The minimum Gasteiger partial charge on any atom is -0.378 e. The molecule has 3 heterocycles. The number of amides is 1. The molecule has 2 N–H and O–H groups in total. The number of likely N-dealkylation sites (tertiary alicyclic amines) is 1. The first-order chi connectivity index (χ1) is 10.3. The molecule has 2 aromatic rings. The van der Waals surface area contributed by atoms with Crippen molar-refractivity contribution in [1.29, 1.82) is 0 Å². The van der Waals surface area contributed by atoms with E-state index in [4.69, 9.17) is 0 Å². The first kappa shape index (κ1) is 13.8. The number of imidazole rings is 1. The number of nitrogens with one attached hydrogen (secondary N) is 1. The molecule has 2 aromatic heterocycles. The largest absolute Gasteiger partial charge is 0.378 e. The number of H-pyrrole nitrogens is 1. The van der Waals surface area contributed by atoms with Gasteiger partial charge in [-0.25, -0.2) is 4.98 Å². The Morgan fingerprint density at radius 3 is 2.76 bits per heavy atom. The first-order valence-electron chi connectivity index (χ1n) is 7.11. The summed E-state index contributed by atoms with van der Waals surface area (Å²) in [6.07, 6.45) is 7.31. The Labute approximate surface area is 122 Å². The Kier molecular flexibility index (Phi) is 3.96. The topological polar surface area (TPSA) is 82.1 Å². The van der Waals surface area contributed by atoms with E-state index in [1.54, 1.807) is 29.6 Å². The van der Waals surface area contributed by atoms with E-state index in [1.807, 2.05) is 6.20 Å². The van der Waals surface area contributed by atoms with E-state index in [1.165, 1.54) is 6.20 Å². The average molecular weight is 286 g/mol. The van der Waals surface area contributed by atoms with Crippen LogP contribution in [0.3, 0.4) is 0 Å². The van der Waals surface area contributed by atoms with Crippen LogP contribution in [0, 0.1) is 0 Å². The molecule has 0 aromatic carbocycles. The Morgan fingerprint density at radius 1 is 1.33 bits per heavy atom. The molecule has 1 fully saturated rings. The number of hydrogen-bond donors (Lipinski definition) is 2. The quantitative estimate of drug-likeness (QED) is 0.889. The predicted octanol–water partition coefficient (Wildman–Crippen LogP) is 1.24. The van der Waals surface area contributed by atoms with E-state index in [0.29, 0.717) is 24.6 Å². The number of rotatable bonds is 3. The summed E-state index contributed by atoms with van der Waals surface area (Å²) in [5.74, 6) is 0.165. The third-order valence-corrected chi connectivity index (χ3v) is 4.00. The van der Waals surface area contributed by atoms with Gasteiger partial charge in [0.1, 0.15) is 0 Å². The second kappa shape index (κ2) is 6.05. The molecule has 1 unspecified atom stereocenters. The Morgan fingerprint density at radius 2 is 2.14 bits per heavy atom. The lowest BCUT2D eigenvalue weighted by molar-refractivity contribution is -0.141. The molecule has 0 aliphatic carbocycles. The van der Waals surface area contributed by atoms with Gasteiger partial charge in [-0.15, -0.1) is 0 Å². The maximum Gasteiger partial charge on any atom is 0.256 e. The summed E-state index contributed by atoms with van der Waals surface area (Å²) in [5.41, 5.74) is 1.66. The van der Waals surface area contributed by atoms with Crippen LogP contribution in [0.4, 0.5) is 0 Å². The summed E-state index contributed by atoms with van der Waals surface area (Å²) >= 11 is 0. The zero-order valence-electron chi connectivity index (χ0n) is 11.6. The van der Waals surface area contributed by atoms with Crippen LogP contribution in [0.15, 0.2) is 37.1 Å². The molecule has 6 heteroatoms. The number of piperidine rings is 1. The molecule has 0 bridgehead atoms. The van der Waals surface area contributed by atoms with E-state index in [0.717, 1.165) is 18.5 Å². The third kappa shape index (κ3) is 2.95. The summed E-state index contributed by atoms with van der Waals surface area (Å²) in [6, 6.07) is 3.43. The zero-order chi connectivity index (χ0) is 14.7. The summed E-state index contributed by atoms with van der Waals surface area (Å²) in [7, 11) is 0. The number of nitrogens with zero attached hydrogens (tertiary/aromatic N) is 3. The standard InChI is InChI=1S/C15H18N4O2/c20-14(12-2-1-5-16-8-12)15(21)19-6-3-11(4-7-19)13-9-17-10-18-13/h1-2,5,8-11,14,20H,3-4,6-7H2,(H,17,18). The highest BCUT2D eigenvalue weighted by Gasteiger charge is 2.28. The van der Waals surface area contributed by atoms with Crippen molar-refractivity contribution in [3.8, 4) is 0 Å². The molecular weight excluding hydrogens is 268 g/mol. The molecule has 1 atom stereocenters. The molecular formula is C15H18N4O2. The maximum atomic E-state index is 12.3. The number of aliphatic hydroxyl groups excluding tert-OH is 1. The van der Waals surface area contributed by atoms with Gasteiger partial charge in [0.05, 0.1) is 6.33 Å². The molecule has 0 spiro atoms. The van der Waals surface area contributed by atoms with Crippen LogP contribution in [0.5, 0.6) is 0 Å². The average Bonchev–Trinajstić information content (AvgIpc) is 3.09. The van der Waals surface area contributed by atoms with Gasteiger partial charge in [0.2, 0.25) is 0 Å². The highest BCUT2D eigenvalue weighted by Crippen LogP contribution is 2.27. The number of aliphatic hydroxyl groups is 1. The molecule has 1 saturated heterocycles. The van der Waals surface area contributed by atoms with E-state index in [2.05, 4.69) is 15.0 Å². The van der Waals surface area contributed by atoms with E-state index in [-0.39, 0.29) is 5.91 Å². The molecule has 110 valence electrons. The monoisotopic (exact) mass is 286 g/mol. The molecule has 0 saturated carbocycles. The van der Waals surface area contributed by atoms with E-state index < -0.39 is 6.10 Å². The van der Waals surface area contributed by atoms with Crippen LogP contribution >= 0.6 is 0 Å². The Hall–Kier alpha value is -2.21. The van der Waals surface area contributed by atoms with Crippen LogP contribution in [0.1, 0.15) is 36.1 Å². The zero-order valence-corrected chi connectivity index (χ0v) is 11.6. The Balaban J connectivity index is 1.60. The van der Waals surface area contributed by atoms with Gasteiger partial charge in [-0.2, -0.15) is 0 Å². The fourth-order valence-corrected chi connectivity index (χ4v) is 2.75. The summed E-state index contributed by atoms with van der Waals surface area (Å²) in [4.78, 5) is 25.1. The number of carbonyl (C=O) groups excluding carboxylic acids is 1. The van der Waals surface area contributed by atoms with Crippen LogP contribution in [-0.2, 0) is 4.79 Å². The molecule has 3 rings (SSSR count). The number of carbonyl (C=O) groups is 1. The van der Waals surface area contributed by atoms with Gasteiger partial charge >= 0.3 is 0 Å². The smallest absolute Gasteiger partial charge is 0.256 e. The van der Waals surface area contributed by atoms with Gasteiger partial charge < -0.3 is 15.0 Å². The van der Waals surface area contributed by atoms with Gasteiger partial charge in [-0.05, 0) is 18.9 Å². The van der Waals surface area contributed by atoms with E-state index in [9.17, 15) is 9.90 Å². The lowest BCUT2D eigenvalue weighted by Gasteiger charge is -2.32. The van der Waals surface area contributed by atoms with Crippen molar-refractivity contribution >= 4 is 5.91 Å². The van der Waals surface area contributed by atoms with E-state index >= 15 is 0 Å². The normalized spacial score (nSPS) is 17.7. The molecule has 6 nitrogen and oxygen atoms in total. The third-order valence-electron chi connectivity index (χ3n) is 4.00. The van der Waals surface area contributed by atoms with Crippen LogP contribution in [0.25, 0.3) is 0 Å². The predicted molar refractivity (Wildman–Crippen MR) is 76.3 cm³/mol. The lowest BCUT2D eigenvalue weighted by Crippen LogP contribution is -2.40. The maximum absolute atomic E-state index is 12.3. The van der Waals surface area contributed by atoms with Crippen LogP contribution in [-0.4, -0.2) is 44.0 Å². The van der Waals surface area contributed by atoms with Crippen LogP contribution in [0.2, 0.25) is 0 Å². The Bertz CT molecular complexity index is 577. The van der Waals surface area contributed by atoms with Crippen molar-refractivity contribution < 1.29 is 9.90 Å². The van der Waals surface area contributed by atoms with Gasteiger partial charge in [0, 0.05) is 48.9 Å². The minimum atomic E-state index is -1.12. The number of pyridine rings is 1. The van der Waals surface area contributed by atoms with Crippen molar-refractivity contribution in [3.63, 3.8) is 0 Å². The van der Waals surface area contributed by atoms with Crippen molar-refractivity contribution in [2.75, 3.05) is 13.1 Å². The SMILES string of the molecule is O=C(C(O)c1cccnc1)N1CCC(c2cnc[nH]2)CC1. The highest BCUT2D eigenvalue weighted by atomic mass is 16.3. The number of aromatic nitrogens is 3.